The summed E-state index contributed by atoms with van der Waals surface area (Å²) in [5.41, 5.74) is 17.4. The number of hydrogen-bond donors (Lipinski definition) is 5. The fourth-order valence-electron chi connectivity index (χ4n) is 7.77. The van der Waals surface area contributed by atoms with Crippen molar-refractivity contribution in [2.24, 2.45) is 10.2 Å². The monoisotopic (exact) mass is 1260 g/mol. The molecule has 5 N–H and O–H groups in total. The summed E-state index contributed by atoms with van der Waals surface area (Å²) >= 11 is 0. The topological polar surface area (TPSA) is 376 Å². The van der Waals surface area contributed by atoms with Crippen LogP contribution in [0.2, 0.25) is 0 Å². The van der Waals surface area contributed by atoms with Crippen LogP contribution in [0.1, 0.15) is 132 Å². The number of aliphatic carboxylic acids is 4. The van der Waals surface area contributed by atoms with E-state index in [1.165, 1.54) is 0 Å². The Morgan fingerprint density at radius 1 is 0.345 bits per heavy atom. The molecule has 0 aliphatic carbocycles. The second-order valence-electron chi connectivity index (χ2n) is 20.0. The third-order valence-electron chi connectivity index (χ3n) is 11.8. The van der Waals surface area contributed by atoms with E-state index >= 15 is 0 Å². The van der Waals surface area contributed by atoms with Gasteiger partial charge >= 0.3 is 23.9 Å². The van der Waals surface area contributed by atoms with E-state index in [-0.39, 0.29) is 116 Å². The van der Waals surface area contributed by atoms with Gasteiger partial charge in [-0.25, -0.2) is 0 Å². The molecule has 0 saturated heterocycles. The normalized spacial score (nSPS) is 11.4. The van der Waals surface area contributed by atoms with Crippen molar-refractivity contribution in [3.63, 3.8) is 0 Å². The van der Waals surface area contributed by atoms with Crippen molar-refractivity contribution in [3.8, 4) is 0 Å². The lowest BCUT2D eigenvalue weighted by Gasteiger charge is -2.37. The number of nitrogens with zero attached hydrogens (tertiary/aromatic N) is 8. The summed E-state index contributed by atoms with van der Waals surface area (Å²) in [6, 6.07) is -0.697. The third kappa shape index (κ3) is 59.3. The molecule has 29 heteroatoms. The van der Waals surface area contributed by atoms with E-state index in [1.807, 2.05) is 0 Å². The first kappa shape index (κ1) is 87.1. The second-order valence-corrected chi connectivity index (χ2v) is 20.0. The molecule has 0 radical (unpaired) electrons. The van der Waals surface area contributed by atoms with Crippen LogP contribution in [0.5, 0.6) is 0 Å². The van der Waals surface area contributed by atoms with Gasteiger partial charge in [0.15, 0.2) is 0 Å². The molecule has 0 unspecified atom stereocenters. The van der Waals surface area contributed by atoms with Gasteiger partial charge in [0, 0.05) is 88.9 Å². The maximum Gasteiger partial charge on any atom is 0.305 e. The van der Waals surface area contributed by atoms with E-state index in [1.54, 1.807) is 4.90 Å². The van der Waals surface area contributed by atoms with Crippen molar-refractivity contribution in [2.75, 3.05) is 185 Å². The highest BCUT2D eigenvalue weighted by Crippen LogP contribution is 2.14. The molecule has 0 aromatic heterocycles. The molecule has 0 atom stereocenters. The van der Waals surface area contributed by atoms with Gasteiger partial charge in [0.1, 0.15) is 0 Å². The van der Waals surface area contributed by atoms with Crippen molar-refractivity contribution in [1.82, 2.24) is 15.1 Å². The number of ether oxygens (including phenoxy) is 12. The van der Waals surface area contributed by atoms with Crippen molar-refractivity contribution >= 4 is 23.9 Å². The van der Waals surface area contributed by atoms with Gasteiger partial charge in [0.05, 0.1) is 168 Å². The zero-order chi connectivity index (χ0) is 65.2. The van der Waals surface area contributed by atoms with Crippen molar-refractivity contribution < 1.29 is 96.4 Å². The number of carboxylic acids is 4. The molecule has 29 nitrogen and oxygen atoms in total. The first-order chi connectivity index (χ1) is 42.2. The van der Waals surface area contributed by atoms with Crippen LogP contribution in [-0.4, -0.2) is 275 Å². The minimum absolute atomic E-state index is 0.0119. The molecule has 512 valence electrons. The number of rotatable bonds is 64. The lowest BCUT2D eigenvalue weighted by molar-refractivity contribution is -0.139. The lowest BCUT2D eigenvalue weighted by atomic mass is 10.1. The summed E-state index contributed by atoms with van der Waals surface area (Å²) < 4.78 is 68.2. The van der Waals surface area contributed by atoms with Crippen molar-refractivity contribution in [1.29, 1.82) is 0 Å². The Morgan fingerprint density at radius 3 is 0.701 bits per heavy atom. The fraction of sp³-hybridized carbons (Fsp3) is 0.931. The molecule has 87 heavy (non-hydrogen) atoms. The maximum absolute atomic E-state index is 10.8. The van der Waals surface area contributed by atoms with Crippen molar-refractivity contribution in [3.05, 3.63) is 20.9 Å². The number of nitrogens with one attached hydrogen (secondary N) is 1. The summed E-state index contributed by atoms with van der Waals surface area (Å²) in [7, 11) is 0. The molecular weight excluding hydrogens is 1140 g/mol. The predicted molar refractivity (Wildman–Crippen MR) is 328 cm³/mol. The first-order valence-corrected chi connectivity index (χ1v) is 31.3. The van der Waals surface area contributed by atoms with Crippen LogP contribution in [0.3, 0.4) is 0 Å². The van der Waals surface area contributed by atoms with E-state index in [4.69, 9.17) is 88.3 Å². The number of carboxylic acid groups (broad SMARTS) is 4. The van der Waals surface area contributed by atoms with Gasteiger partial charge in [0.25, 0.3) is 0 Å². The van der Waals surface area contributed by atoms with Crippen LogP contribution in [0.25, 0.3) is 20.9 Å². The summed E-state index contributed by atoms with van der Waals surface area (Å²) in [5.74, 6) is -4.22. The largest absolute Gasteiger partial charge is 0.481 e. The average Bonchev–Trinajstić information content (AvgIpc) is 3.65. The van der Waals surface area contributed by atoms with Gasteiger partial charge in [-0.05, 0) is 62.4 Å². The van der Waals surface area contributed by atoms with E-state index in [9.17, 15) is 19.2 Å². The summed E-state index contributed by atoms with van der Waals surface area (Å²) in [4.78, 5) is 52.8. The molecule has 0 saturated carbocycles. The van der Waals surface area contributed by atoms with Gasteiger partial charge in [-0.1, -0.05) is 65.6 Å². The zero-order valence-corrected chi connectivity index (χ0v) is 54.1. The summed E-state index contributed by atoms with van der Waals surface area (Å²) in [5, 5.41) is 46.2. The predicted octanol–water partition coefficient (Wildman–Crippen LogP) is 7.36. The first-order valence-electron chi connectivity index (χ1n) is 31.3. The highest BCUT2D eigenvalue weighted by Gasteiger charge is 2.29. The highest BCUT2D eigenvalue weighted by atomic mass is 16.5. The standard InChI is InChI=1S/C20H34N4O12.C20H42N4O4.C18H39NO4/c21-23-22-5-6-24(15(11-33-7-1-17(25)26)12-34-8-2-18(27)28)16(13-35-9-3-19(29)30)14-36-10-4-20(31)32;1-5-11-25-15-19(16-26-12-6-2)24(10-9-22-23-21)20(17-27-13-7-3)18-28-14-8-4;1-5-9-20-13-17(14-21-10-6-2)19-18(15-22-11-7-3)16-23-12-8-4/h15-16H,1-14H2,(H,25,26)(H,27,28)(H,29,30)(H,31,32);19-20H,5-18H2,1-4H3;17-19H,5-16H2,1-4H3. The van der Waals surface area contributed by atoms with E-state index in [2.05, 4.69) is 85.7 Å². The Balaban J connectivity index is -0.00000125. The van der Waals surface area contributed by atoms with Gasteiger partial charge in [-0.2, -0.15) is 0 Å². The maximum atomic E-state index is 10.8. The quantitative estimate of drug-likeness (QED) is 0.0172. The average molecular weight is 1260 g/mol. The van der Waals surface area contributed by atoms with Gasteiger partial charge < -0.3 is 82.6 Å². The SMILES string of the molecule is CCCOCC(COCCC)N(CCN=[N+]=[N-])C(COCCC)COCCC.CCCOCC(COCCC)NC(COCCC)COCCC.[N-]=[N+]=NCCN(C(COCCC(=O)O)COCCC(=O)O)C(COCCC(=O)O)COCCC(=O)O. The Hall–Kier alpha value is -4.10. The fourth-order valence-corrected chi connectivity index (χ4v) is 7.77. The van der Waals surface area contributed by atoms with Crippen molar-refractivity contribution in [2.45, 2.75) is 169 Å². The van der Waals surface area contributed by atoms with Crippen LogP contribution in [0.15, 0.2) is 10.2 Å². The molecule has 0 rings (SSSR count). The number of azide groups is 2. The van der Waals surface area contributed by atoms with Gasteiger partial charge in [-0.15, -0.1) is 0 Å². The van der Waals surface area contributed by atoms with Crippen LogP contribution in [0, 0.1) is 0 Å². The van der Waals surface area contributed by atoms with Crippen LogP contribution < -0.4 is 5.32 Å². The minimum Gasteiger partial charge on any atom is -0.481 e. The minimum atomic E-state index is -1.05. The molecule has 0 aliphatic heterocycles. The molecule has 0 heterocycles. The smallest absolute Gasteiger partial charge is 0.305 e. The molecule has 0 spiro atoms. The molecule has 0 fully saturated rings. The molecule has 0 aromatic carbocycles. The second kappa shape index (κ2) is 67.8. The molecular formula is C58H115N9O20. The Morgan fingerprint density at radius 2 is 0.529 bits per heavy atom. The molecule has 0 aromatic rings. The van der Waals surface area contributed by atoms with Crippen LogP contribution in [-0.2, 0) is 76.0 Å². The Labute approximate surface area is 518 Å². The van der Waals surface area contributed by atoms with E-state index in [0.29, 0.717) is 65.9 Å². The molecule has 0 bridgehead atoms. The molecule has 0 amide bonds. The van der Waals surface area contributed by atoms with E-state index in [0.717, 1.165) is 104 Å². The Bertz CT molecular complexity index is 1500. The number of hydrogen-bond acceptors (Lipinski definition) is 21. The highest BCUT2D eigenvalue weighted by molar-refractivity contribution is 5.67. The molecule has 0 aliphatic rings. The van der Waals surface area contributed by atoms with Crippen LogP contribution in [0.4, 0.5) is 0 Å². The summed E-state index contributed by atoms with van der Waals surface area (Å²) in [6.07, 6.45) is 7.06. The third-order valence-corrected chi connectivity index (χ3v) is 11.8. The van der Waals surface area contributed by atoms with Gasteiger partial charge in [-0.3, -0.25) is 29.0 Å². The zero-order valence-electron chi connectivity index (χ0n) is 54.1. The summed E-state index contributed by atoms with van der Waals surface area (Å²) in [6.45, 7) is 28.5. The Kier molecular flexibility index (Phi) is 67.9. The van der Waals surface area contributed by atoms with Crippen LogP contribution >= 0.6 is 0 Å². The van der Waals surface area contributed by atoms with E-state index < -0.39 is 36.0 Å². The van der Waals surface area contributed by atoms with Gasteiger partial charge in [0.2, 0.25) is 0 Å². The lowest BCUT2D eigenvalue weighted by Crippen LogP contribution is -2.52. The number of carbonyl (C=O) groups is 4.